The van der Waals surface area contributed by atoms with Gasteiger partial charge in [0.25, 0.3) is 0 Å². The topological polar surface area (TPSA) is 133 Å². The van der Waals surface area contributed by atoms with E-state index >= 15 is 0 Å². The first-order valence-corrected chi connectivity index (χ1v) is 14.3. The summed E-state index contributed by atoms with van der Waals surface area (Å²) in [5.74, 6) is 1.76. The molecule has 3 N–H and O–H groups in total. The van der Waals surface area contributed by atoms with Crippen LogP contribution in [0.2, 0.25) is 0 Å². The lowest BCUT2D eigenvalue weighted by Gasteiger charge is -2.37. The maximum absolute atomic E-state index is 11.7. The summed E-state index contributed by atoms with van der Waals surface area (Å²) in [6, 6.07) is 13.4. The van der Waals surface area contributed by atoms with Crippen molar-refractivity contribution in [1.29, 1.82) is 0 Å². The number of fused-ring (bicyclic) bond motifs is 3. The first-order valence-electron chi connectivity index (χ1n) is 13.1. The molecule has 0 aliphatic carbocycles. The molecular weight excluding hydrogens is 575 g/mol. The Labute approximate surface area is 251 Å². The fraction of sp³-hybridized carbons (Fsp3) is 0.214. The Morgan fingerprint density at radius 1 is 1.02 bits per heavy atom. The molecule has 1 fully saturated rings. The van der Waals surface area contributed by atoms with Crippen LogP contribution in [0.3, 0.4) is 0 Å². The number of carbonyl (C=O) groups is 1. The Morgan fingerprint density at radius 2 is 1.79 bits per heavy atom. The van der Waals surface area contributed by atoms with Crippen LogP contribution in [0.5, 0.6) is 11.5 Å². The van der Waals surface area contributed by atoms with Gasteiger partial charge in [-0.2, -0.15) is 0 Å². The van der Waals surface area contributed by atoms with E-state index in [2.05, 4.69) is 44.8 Å². The Balaban J connectivity index is 1.12. The summed E-state index contributed by atoms with van der Waals surface area (Å²) >= 11 is 7.18. The largest absolute Gasteiger partial charge is 0.493 e. The number of piperazine rings is 1. The number of rotatable bonds is 7. The first-order chi connectivity index (χ1) is 20.5. The molecule has 0 atom stereocenters. The van der Waals surface area contributed by atoms with Crippen molar-refractivity contribution in [2.24, 2.45) is 0 Å². The zero-order valence-corrected chi connectivity index (χ0v) is 24.5. The van der Waals surface area contributed by atoms with Crippen molar-refractivity contribution in [3.63, 3.8) is 0 Å². The number of anilines is 3. The van der Waals surface area contributed by atoms with Gasteiger partial charge in [-0.3, -0.25) is 9.52 Å². The van der Waals surface area contributed by atoms with E-state index in [0.29, 0.717) is 28.2 Å². The van der Waals surface area contributed by atoms with E-state index in [1.165, 1.54) is 26.0 Å². The molecule has 0 radical (unpaired) electrons. The van der Waals surface area contributed by atoms with Crippen LogP contribution in [0.4, 0.5) is 17.5 Å². The van der Waals surface area contributed by atoms with Crippen molar-refractivity contribution in [3.8, 4) is 11.5 Å². The van der Waals surface area contributed by atoms with Gasteiger partial charge in [0.05, 0.1) is 18.0 Å². The van der Waals surface area contributed by atoms with Gasteiger partial charge in [-0.15, -0.1) is 0 Å². The summed E-state index contributed by atoms with van der Waals surface area (Å²) in [6.45, 7) is 4.25. The first kappa shape index (κ1) is 27.5. The average Bonchev–Trinajstić information content (AvgIpc) is 3.38. The van der Waals surface area contributed by atoms with Gasteiger partial charge in [-0.1, -0.05) is 0 Å². The van der Waals surface area contributed by atoms with E-state index < -0.39 is 5.97 Å². The highest BCUT2D eigenvalue weighted by atomic mass is 32.2. The fourth-order valence-electron chi connectivity index (χ4n) is 4.74. The molecule has 12 nitrogen and oxygen atoms in total. The lowest BCUT2D eigenvalue weighted by Crippen LogP contribution is -2.50. The molecule has 3 aromatic heterocycles. The Morgan fingerprint density at radius 3 is 2.50 bits per heavy atom. The highest BCUT2D eigenvalue weighted by Gasteiger charge is 2.24. The van der Waals surface area contributed by atoms with Gasteiger partial charge >= 0.3 is 5.97 Å². The molecule has 1 aliphatic heterocycles. The molecule has 1 aliphatic rings. The molecule has 14 heteroatoms. The van der Waals surface area contributed by atoms with Crippen molar-refractivity contribution in [3.05, 3.63) is 61.2 Å². The van der Waals surface area contributed by atoms with Crippen LogP contribution in [0.15, 0.2) is 66.1 Å². The molecular formula is C28H27N9O3S2. The molecule has 0 saturated carbocycles. The number of nitrogens with zero attached hydrogens (tertiary/aromatic N) is 6. The number of H-pyrrole nitrogens is 1. The van der Waals surface area contributed by atoms with Crippen molar-refractivity contribution in [1.82, 2.24) is 29.8 Å². The van der Waals surface area contributed by atoms with Gasteiger partial charge in [-0.25, -0.2) is 19.9 Å². The summed E-state index contributed by atoms with van der Waals surface area (Å²) in [4.78, 5) is 37.8. The second-order valence-electron chi connectivity index (χ2n) is 9.39. The fourth-order valence-corrected chi connectivity index (χ4v) is 5.62. The number of nitrogens with one attached hydrogen (secondary N) is 3. The molecule has 4 heterocycles. The normalized spacial score (nSPS) is 13.3. The van der Waals surface area contributed by atoms with Crippen LogP contribution in [-0.2, 0) is 4.79 Å². The van der Waals surface area contributed by atoms with Crippen molar-refractivity contribution in [2.75, 3.05) is 48.2 Å². The van der Waals surface area contributed by atoms with E-state index in [1.807, 2.05) is 24.3 Å². The van der Waals surface area contributed by atoms with E-state index in [1.54, 1.807) is 36.9 Å². The van der Waals surface area contributed by atoms with Gasteiger partial charge in [0.1, 0.15) is 17.8 Å². The van der Waals surface area contributed by atoms with Crippen LogP contribution in [0, 0.1) is 0 Å². The third-order valence-electron chi connectivity index (χ3n) is 6.71. The third kappa shape index (κ3) is 5.85. The smallest absolute Gasteiger partial charge is 0.308 e. The van der Waals surface area contributed by atoms with Gasteiger partial charge in [0.2, 0.25) is 5.95 Å². The Hall–Kier alpha value is -4.69. The van der Waals surface area contributed by atoms with E-state index in [9.17, 15) is 4.79 Å². The molecule has 1 saturated heterocycles. The predicted octanol–water partition coefficient (Wildman–Crippen LogP) is 4.47. The van der Waals surface area contributed by atoms with Crippen LogP contribution in [-0.4, -0.2) is 74.2 Å². The van der Waals surface area contributed by atoms with E-state index in [4.69, 9.17) is 21.7 Å². The standard InChI is InChI=1S/C28H27N9O3S2/c1-17(38)40-23-14-20-21(15-22(23)39-2)34-25-24(20)26(32-16-31-25)36-10-12-37(13-11-36)28(41)33-18-4-6-19(7-5-18)42-35-27-29-8-3-9-30-27/h3-9,14-16H,10-13H2,1-2H3,(H,33,41)(H,29,30,35)(H,31,32,34). The minimum absolute atomic E-state index is 0.350. The lowest BCUT2D eigenvalue weighted by molar-refractivity contribution is -0.132. The van der Waals surface area contributed by atoms with Gasteiger partial charge in [-0.05, 0) is 60.6 Å². The summed E-state index contributed by atoms with van der Waals surface area (Å²) in [5.41, 5.74) is 2.43. The molecule has 214 valence electrons. The molecule has 0 spiro atoms. The number of thiocarbonyl (C=S) groups is 1. The number of esters is 1. The van der Waals surface area contributed by atoms with Crippen molar-refractivity contribution in [2.45, 2.75) is 11.8 Å². The number of benzene rings is 2. The summed E-state index contributed by atoms with van der Waals surface area (Å²) in [6.07, 6.45) is 4.95. The monoisotopic (exact) mass is 601 g/mol. The lowest BCUT2D eigenvalue weighted by atomic mass is 10.1. The molecule has 42 heavy (non-hydrogen) atoms. The van der Waals surface area contributed by atoms with E-state index in [0.717, 1.165) is 58.9 Å². The number of ether oxygens (including phenoxy) is 2. The maximum Gasteiger partial charge on any atom is 0.308 e. The number of hydrogen-bond acceptors (Lipinski definition) is 11. The Kier molecular flexibility index (Phi) is 7.88. The maximum atomic E-state index is 11.7. The third-order valence-corrected chi connectivity index (χ3v) is 7.86. The van der Waals surface area contributed by atoms with Crippen LogP contribution >= 0.6 is 24.2 Å². The number of aromatic nitrogens is 5. The van der Waals surface area contributed by atoms with Gasteiger partial charge < -0.3 is 29.6 Å². The number of hydrogen-bond donors (Lipinski definition) is 3. The molecule has 5 aromatic rings. The van der Waals surface area contributed by atoms with Crippen molar-refractivity contribution < 1.29 is 14.3 Å². The second kappa shape index (κ2) is 12.0. The zero-order valence-electron chi connectivity index (χ0n) is 22.8. The van der Waals surface area contributed by atoms with E-state index in [-0.39, 0.29) is 0 Å². The van der Waals surface area contributed by atoms with Gasteiger partial charge in [0.15, 0.2) is 16.6 Å². The van der Waals surface area contributed by atoms with Crippen LogP contribution in [0.25, 0.3) is 21.9 Å². The SMILES string of the molecule is COc1cc2[nH]c3ncnc(N4CCN(C(=S)Nc5ccc(SNc6ncccn6)cc5)CC4)c3c2cc1OC(C)=O. The molecule has 0 unspecified atom stereocenters. The number of aromatic amines is 1. The van der Waals surface area contributed by atoms with Crippen LogP contribution in [0.1, 0.15) is 6.92 Å². The van der Waals surface area contributed by atoms with Crippen molar-refractivity contribution >= 4 is 74.6 Å². The quantitative estimate of drug-likeness (QED) is 0.105. The summed E-state index contributed by atoms with van der Waals surface area (Å²) < 4.78 is 14.0. The number of carbonyl (C=O) groups excluding carboxylic acids is 1. The highest BCUT2D eigenvalue weighted by molar-refractivity contribution is 8.00. The summed E-state index contributed by atoms with van der Waals surface area (Å²) in [5, 5.41) is 5.74. The average molecular weight is 602 g/mol. The van der Waals surface area contributed by atoms with Gasteiger partial charge in [0, 0.05) is 67.5 Å². The number of methoxy groups -OCH3 is 1. The molecule has 6 rings (SSSR count). The Bertz CT molecular complexity index is 1740. The highest BCUT2D eigenvalue weighted by Crippen LogP contribution is 2.38. The predicted molar refractivity (Wildman–Crippen MR) is 167 cm³/mol. The second-order valence-corrected chi connectivity index (χ2v) is 10.7. The molecule has 0 amide bonds. The summed E-state index contributed by atoms with van der Waals surface area (Å²) in [7, 11) is 1.54. The molecule has 2 aromatic carbocycles. The minimum atomic E-state index is -0.422. The zero-order chi connectivity index (χ0) is 29.1. The minimum Gasteiger partial charge on any atom is -0.493 e. The van der Waals surface area contributed by atoms with Crippen LogP contribution < -0.4 is 24.4 Å². The molecule has 0 bridgehead atoms.